The number of benzene rings is 1. The molecule has 136 valence electrons. The normalized spacial score (nSPS) is 20.7. The largest absolute Gasteiger partial charge is 0.372 e. The Bertz CT molecular complexity index is 924. The van der Waals surface area contributed by atoms with Gasteiger partial charge in [-0.25, -0.2) is 4.98 Å². The number of carbonyl (C=O) groups excluding carboxylic acids is 1. The van der Waals surface area contributed by atoms with Crippen molar-refractivity contribution in [3.8, 4) is 11.3 Å². The van der Waals surface area contributed by atoms with Crippen LogP contribution in [0.1, 0.15) is 19.5 Å². The molecule has 2 atom stereocenters. The Morgan fingerprint density at radius 3 is 2.65 bits per heavy atom. The van der Waals surface area contributed by atoms with E-state index in [1.54, 1.807) is 11.3 Å². The first-order valence-corrected chi connectivity index (χ1v) is 9.90. The van der Waals surface area contributed by atoms with Crippen LogP contribution >= 0.6 is 22.9 Å². The third-order valence-electron chi connectivity index (χ3n) is 4.53. The van der Waals surface area contributed by atoms with Gasteiger partial charge >= 0.3 is 0 Å². The van der Waals surface area contributed by atoms with Gasteiger partial charge in [0.25, 0.3) is 0 Å². The van der Waals surface area contributed by atoms with Crippen LogP contribution in [0.2, 0.25) is 5.02 Å². The molecule has 0 radical (unpaired) electrons. The monoisotopic (exact) mass is 389 g/mol. The lowest BCUT2D eigenvalue weighted by atomic mass is 10.2. The van der Waals surface area contributed by atoms with Crippen LogP contribution in [0.5, 0.6) is 0 Å². The lowest BCUT2D eigenvalue weighted by molar-refractivity contribution is -0.142. The SMILES string of the molecule is C[C@@H]1CN(C(=O)Cc2csc3nc(-c4ccc(Cl)cc4)cn23)C[C@H](C)O1. The molecule has 1 aliphatic rings. The van der Waals surface area contributed by atoms with Gasteiger partial charge in [-0.15, -0.1) is 11.3 Å². The molecular weight excluding hydrogens is 370 g/mol. The third kappa shape index (κ3) is 3.49. The molecule has 0 aliphatic carbocycles. The lowest BCUT2D eigenvalue weighted by Crippen LogP contribution is -2.48. The Morgan fingerprint density at radius 1 is 1.27 bits per heavy atom. The molecule has 0 bridgehead atoms. The van der Waals surface area contributed by atoms with E-state index in [1.165, 1.54) is 0 Å². The van der Waals surface area contributed by atoms with Crippen LogP contribution in [0.15, 0.2) is 35.8 Å². The van der Waals surface area contributed by atoms with Gasteiger partial charge in [-0.05, 0) is 26.0 Å². The van der Waals surface area contributed by atoms with E-state index in [0.717, 1.165) is 21.9 Å². The average Bonchev–Trinajstić information content (AvgIpc) is 3.16. The van der Waals surface area contributed by atoms with Crippen LogP contribution in [0, 0.1) is 0 Å². The highest BCUT2D eigenvalue weighted by Gasteiger charge is 2.26. The summed E-state index contributed by atoms with van der Waals surface area (Å²) in [5.41, 5.74) is 2.86. The highest BCUT2D eigenvalue weighted by molar-refractivity contribution is 7.15. The summed E-state index contributed by atoms with van der Waals surface area (Å²) in [5, 5.41) is 2.72. The molecule has 5 nitrogen and oxygen atoms in total. The maximum absolute atomic E-state index is 12.7. The highest BCUT2D eigenvalue weighted by atomic mass is 35.5. The number of amides is 1. The van der Waals surface area contributed by atoms with Crippen molar-refractivity contribution in [1.82, 2.24) is 14.3 Å². The van der Waals surface area contributed by atoms with Gasteiger partial charge in [0.2, 0.25) is 5.91 Å². The average molecular weight is 390 g/mol. The molecule has 2 aromatic heterocycles. The number of nitrogens with zero attached hydrogens (tertiary/aromatic N) is 3. The minimum atomic E-state index is 0.0787. The zero-order valence-corrected chi connectivity index (χ0v) is 16.3. The van der Waals surface area contributed by atoms with Crippen LogP contribution in [0.3, 0.4) is 0 Å². The van der Waals surface area contributed by atoms with Crippen molar-refractivity contribution in [3.05, 3.63) is 46.6 Å². The van der Waals surface area contributed by atoms with Crippen LogP contribution in [0.25, 0.3) is 16.2 Å². The molecule has 1 saturated heterocycles. The molecule has 0 spiro atoms. The van der Waals surface area contributed by atoms with Gasteiger partial charge in [0, 0.05) is 40.9 Å². The Morgan fingerprint density at radius 2 is 1.96 bits per heavy atom. The molecule has 3 aromatic rings. The molecule has 0 N–H and O–H groups in total. The molecule has 1 aliphatic heterocycles. The number of imidazole rings is 1. The van der Waals surface area contributed by atoms with Gasteiger partial charge in [0.1, 0.15) is 0 Å². The Kier molecular flexibility index (Phi) is 4.73. The quantitative estimate of drug-likeness (QED) is 0.682. The molecule has 0 saturated carbocycles. The van der Waals surface area contributed by atoms with Crippen molar-refractivity contribution in [2.45, 2.75) is 32.5 Å². The van der Waals surface area contributed by atoms with Gasteiger partial charge < -0.3 is 9.64 Å². The van der Waals surface area contributed by atoms with E-state index in [2.05, 4.69) is 4.98 Å². The number of aromatic nitrogens is 2. The zero-order valence-electron chi connectivity index (χ0n) is 14.7. The standard InChI is InChI=1S/C19H20ClN3O2S/c1-12-8-22(9-13(2)25-12)18(24)7-16-11-26-19-21-17(10-23(16)19)14-3-5-15(20)6-4-14/h3-6,10-13H,7-9H2,1-2H3/t12-,13+. The summed E-state index contributed by atoms with van der Waals surface area (Å²) >= 11 is 7.51. The minimum Gasteiger partial charge on any atom is -0.372 e. The summed E-state index contributed by atoms with van der Waals surface area (Å²) in [4.78, 5) is 20.2. The number of hydrogen-bond donors (Lipinski definition) is 0. The summed E-state index contributed by atoms with van der Waals surface area (Å²) in [5.74, 6) is 0.133. The Hall–Kier alpha value is -1.89. The maximum Gasteiger partial charge on any atom is 0.228 e. The maximum atomic E-state index is 12.7. The summed E-state index contributed by atoms with van der Waals surface area (Å²) < 4.78 is 7.73. The summed E-state index contributed by atoms with van der Waals surface area (Å²) in [6.45, 7) is 5.31. The molecule has 26 heavy (non-hydrogen) atoms. The van der Waals surface area contributed by atoms with E-state index in [1.807, 2.05) is 59.0 Å². The second kappa shape index (κ2) is 7.02. The predicted octanol–water partition coefficient (Wildman–Crippen LogP) is 3.89. The van der Waals surface area contributed by atoms with Crippen LogP contribution in [-0.4, -0.2) is 45.5 Å². The molecule has 7 heteroatoms. The highest BCUT2D eigenvalue weighted by Crippen LogP contribution is 2.25. The fourth-order valence-corrected chi connectivity index (χ4v) is 4.36. The van der Waals surface area contributed by atoms with Crippen LogP contribution in [0.4, 0.5) is 0 Å². The fraction of sp³-hybridized carbons (Fsp3) is 0.368. The van der Waals surface area contributed by atoms with Crippen molar-refractivity contribution in [3.63, 3.8) is 0 Å². The smallest absolute Gasteiger partial charge is 0.228 e. The molecule has 1 amide bonds. The van der Waals surface area contributed by atoms with Gasteiger partial charge in [-0.1, -0.05) is 23.7 Å². The van der Waals surface area contributed by atoms with Gasteiger partial charge in [0.05, 0.1) is 24.3 Å². The second-order valence-corrected chi connectivity index (χ2v) is 8.02. The Balaban J connectivity index is 1.55. The molecule has 1 fully saturated rings. The molecular formula is C19H20ClN3O2S. The van der Waals surface area contributed by atoms with Crippen molar-refractivity contribution in [2.24, 2.45) is 0 Å². The van der Waals surface area contributed by atoms with Gasteiger partial charge in [-0.3, -0.25) is 9.20 Å². The van der Waals surface area contributed by atoms with E-state index < -0.39 is 0 Å². The number of carbonyl (C=O) groups is 1. The summed E-state index contributed by atoms with van der Waals surface area (Å²) in [6, 6.07) is 7.62. The first-order chi connectivity index (χ1) is 12.5. The number of thiazole rings is 1. The molecule has 4 rings (SSSR count). The molecule has 1 aromatic carbocycles. The van der Waals surface area contributed by atoms with E-state index in [9.17, 15) is 4.79 Å². The topological polar surface area (TPSA) is 46.8 Å². The van der Waals surface area contributed by atoms with Crippen molar-refractivity contribution >= 4 is 33.8 Å². The first-order valence-electron chi connectivity index (χ1n) is 8.64. The Labute approximate surface area is 161 Å². The van der Waals surface area contributed by atoms with E-state index in [4.69, 9.17) is 16.3 Å². The van der Waals surface area contributed by atoms with Crippen molar-refractivity contribution in [1.29, 1.82) is 0 Å². The van der Waals surface area contributed by atoms with Crippen LogP contribution < -0.4 is 0 Å². The fourth-order valence-electron chi connectivity index (χ4n) is 3.36. The molecule has 3 heterocycles. The van der Waals surface area contributed by atoms with Crippen molar-refractivity contribution < 1.29 is 9.53 Å². The first kappa shape index (κ1) is 17.5. The predicted molar refractivity (Wildman–Crippen MR) is 104 cm³/mol. The van der Waals surface area contributed by atoms with E-state index in [-0.39, 0.29) is 18.1 Å². The number of fused-ring (bicyclic) bond motifs is 1. The lowest BCUT2D eigenvalue weighted by Gasteiger charge is -2.35. The summed E-state index contributed by atoms with van der Waals surface area (Å²) in [6.07, 6.45) is 2.52. The third-order valence-corrected chi connectivity index (χ3v) is 5.67. The second-order valence-electron chi connectivity index (χ2n) is 6.75. The van der Waals surface area contributed by atoms with E-state index in [0.29, 0.717) is 24.5 Å². The van der Waals surface area contributed by atoms with Gasteiger partial charge in [0.15, 0.2) is 4.96 Å². The number of morpholine rings is 1. The number of rotatable bonds is 3. The van der Waals surface area contributed by atoms with Crippen molar-refractivity contribution in [2.75, 3.05) is 13.1 Å². The summed E-state index contributed by atoms with van der Waals surface area (Å²) in [7, 11) is 0. The van der Waals surface area contributed by atoms with E-state index >= 15 is 0 Å². The molecule has 0 unspecified atom stereocenters. The minimum absolute atomic E-state index is 0.0787. The number of ether oxygens (including phenoxy) is 1. The number of hydrogen-bond acceptors (Lipinski definition) is 4. The van der Waals surface area contributed by atoms with Crippen LogP contribution in [-0.2, 0) is 16.0 Å². The van der Waals surface area contributed by atoms with Gasteiger partial charge in [-0.2, -0.15) is 0 Å². The number of halogens is 1. The zero-order chi connectivity index (χ0) is 18.3.